The quantitative estimate of drug-likeness (QED) is 0.186. The molecule has 0 unspecified atom stereocenters. The molecule has 4 rings (SSSR count). The Bertz CT molecular complexity index is 1480. The van der Waals surface area contributed by atoms with Crippen molar-refractivity contribution < 1.29 is 42.4 Å². The van der Waals surface area contributed by atoms with E-state index in [0.29, 0.717) is 46.0 Å². The summed E-state index contributed by atoms with van der Waals surface area (Å²) in [6.45, 7) is -0.145. The zero-order valence-corrected chi connectivity index (χ0v) is 22.9. The van der Waals surface area contributed by atoms with Crippen molar-refractivity contribution in [3.05, 3.63) is 40.4 Å². The van der Waals surface area contributed by atoms with Crippen LogP contribution in [-0.2, 0) is 6.61 Å². The van der Waals surface area contributed by atoms with Gasteiger partial charge in [0.25, 0.3) is 5.22 Å². The summed E-state index contributed by atoms with van der Waals surface area (Å²) in [4.78, 5) is 13.8. The number of methoxy groups -OCH3 is 5. The zero-order valence-electron chi connectivity index (χ0n) is 22.1. The highest BCUT2D eigenvalue weighted by Crippen LogP contribution is 2.44. The summed E-state index contributed by atoms with van der Waals surface area (Å²) >= 11 is 1.31. The van der Waals surface area contributed by atoms with E-state index in [1.807, 2.05) is 0 Å². The monoisotopic (exact) mass is 560 g/mol. The first kappa shape index (κ1) is 27.9. The summed E-state index contributed by atoms with van der Waals surface area (Å²) in [6, 6.07) is 6.54. The summed E-state index contributed by atoms with van der Waals surface area (Å²) in [6.07, 6.45) is 0.535. The molecule has 39 heavy (non-hydrogen) atoms. The van der Waals surface area contributed by atoms with Gasteiger partial charge in [0.15, 0.2) is 17.3 Å². The molecule has 2 aromatic heterocycles. The molecular weight excluding hydrogens is 532 g/mol. The van der Waals surface area contributed by atoms with E-state index in [-0.39, 0.29) is 47.3 Å². The molecule has 0 aliphatic rings. The Balaban J connectivity index is 1.75. The number of hydrogen-bond acceptors (Lipinski definition) is 13. The van der Waals surface area contributed by atoms with Crippen LogP contribution in [-0.4, -0.2) is 63.2 Å². The van der Waals surface area contributed by atoms with Crippen LogP contribution in [0.4, 0.5) is 0 Å². The van der Waals surface area contributed by atoms with Crippen molar-refractivity contribution in [1.29, 1.82) is 0 Å². The first-order valence-corrected chi connectivity index (χ1v) is 12.7. The summed E-state index contributed by atoms with van der Waals surface area (Å²) in [5.74, 6) is 2.74. The predicted molar refractivity (Wildman–Crippen MR) is 142 cm³/mol. The van der Waals surface area contributed by atoms with Crippen LogP contribution < -0.4 is 33.8 Å². The lowest BCUT2D eigenvalue weighted by molar-refractivity contribution is 0.230. The molecule has 0 amide bonds. The molecule has 0 saturated heterocycles. The summed E-state index contributed by atoms with van der Waals surface area (Å²) < 4.78 is 44.8. The topological polar surface area (TPSA) is 145 Å². The predicted octanol–water partition coefficient (Wildman–Crippen LogP) is 3.94. The van der Waals surface area contributed by atoms with Gasteiger partial charge < -0.3 is 42.4 Å². The van der Waals surface area contributed by atoms with Gasteiger partial charge in [0.2, 0.25) is 22.8 Å². The molecular formula is C26H28N2O10S. The minimum atomic E-state index is -0.420. The Labute approximate surface area is 227 Å². The van der Waals surface area contributed by atoms with Gasteiger partial charge in [-0.2, -0.15) is 0 Å². The summed E-state index contributed by atoms with van der Waals surface area (Å²) in [7, 11) is 7.45. The lowest BCUT2D eigenvalue weighted by Gasteiger charge is -2.16. The van der Waals surface area contributed by atoms with Crippen LogP contribution in [0, 0.1) is 0 Å². The van der Waals surface area contributed by atoms with Crippen LogP contribution in [0.3, 0.4) is 0 Å². The van der Waals surface area contributed by atoms with E-state index in [2.05, 4.69) is 10.2 Å². The largest absolute Gasteiger partial charge is 0.496 e. The molecule has 0 aliphatic carbocycles. The third kappa shape index (κ3) is 5.83. The number of aromatic nitrogens is 2. The molecule has 0 fully saturated rings. The number of aliphatic hydroxyl groups is 1. The Morgan fingerprint density at radius 2 is 1.56 bits per heavy atom. The lowest BCUT2D eigenvalue weighted by atomic mass is 10.1. The number of thioether (sulfide) groups is 1. The zero-order chi connectivity index (χ0) is 27.9. The molecule has 0 atom stereocenters. The van der Waals surface area contributed by atoms with Gasteiger partial charge in [-0.15, -0.1) is 10.2 Å². The SMILES string of the molecule is COc1cc(OC)c2c(=O)c(OCCCSc3nnc(CO)o3)c(-c3cc(OC)c(OC)c(OC)c3)oc2c1. The van der Waals surface area contributed by atoms with Crippen LogP contribution in [0.5, 0.6) is 34.5 Å². The van der Waals surface area contributed by atoms with Gasteiger partial charge in [-0.05, 0) is 18.6 Å². The van der Waals surface area contributed by atoms with Gasteiger partial charge in [-0.25, -0.2) is 0 Å². The smallest absolute Gasteiger partial charge is 0.276 e. The Morgan fingerprint density at radius 1 is 0.846 bits per heavy atom. The average molecular weight is 561 g/mol. The van der Waals surface area contributed by atoms with Crippen LogP contribution in [0.1, 0.15) is 12.3 Å². The molecule has 0 saturated carbocycles. The van der Waals surface area contributed by atoms with Crippen molar-refractivity contribution in [2.24, 2.45) is 0 Å². The Hall–Kier alpha value is -4.10. The second-order valence-electron chi connectivity index (χ2n) is 7.88. The third-order valence-corrected chi connectivity index (χ3v) is 6.52. The molecule has 0 radical (unpaired) electrons. The van der Waals surface area contributed by atoms with Crippen molar-refractivity contribution in [3.63, 3.8) is 0 Å². The molecule has 2 aromatic carbocycles. The van der Waals surface area contributed by atoms with Crippen molar-refractivity contribution in [1.82, 2.24) is 10.2 Å². The number of aliphatic hydroxyl groups excluding tert-OH is 1. The van der Waals surface area contributed by atoms with E-state index in [4.69, 9.17) is 42.4 Å². The van der Waals surface area contributed by atoms with Crippen molar-refractivity contribution in [2.75, 3.05) is 47.9 Å². The third-order valence-electron chi connectivity index (χ3n) is 5.62. The number of nitrogens with zero attached hydrogens (tertiary/aromatic N) is 2. The molecule has 1 N–H and O–H groups in total. The van der Waals surface area contributed by atoms with Crippen LogP contribution >= 0.6 is 11.8 Å². The number of fused-ring (bicyclic) bond motifs is 1. The molecule has 208 valence electrons. The highest BCUT2D eigenvalue weighted by Gasteiger charge is 2.24. The number of ether oxygens (including phenoxy) is 6. The molecule has 12 nitrogen and oxygen atoms in total. The average Bonchev–Trinajstić information content (AvgIpc) is 3.44. The normalized spacial score (nSPS) is 10.9. The maximum absolute atomic E-state index is 13.8. The van der Waals surface area contributed by atoms with Crippen molar-refractivity contribution in [2.45, 2.75) is 18.3 Å². The fraction of sp³-hybridized carbons (Fsp3) is 0.346. The van der Waals surface area contributed by atoms with Crippen molar-refractivity contribution >= 4 is 22.7 Å². The number of benzene rings is 2. The first-order chi connectivity index (χ1) is 19.0. The summed E-state index contributed by atoms with van der Waals surface area (Å²) in [5, 5.41) is 17.2. The first-order valence-electron chi connectivity index (χ1n) is 11.7. The van der Waals surface area contributed by atoms with E-state index < -0.39 is 5.43 Å². The van der Waals surface area contributed by atoms with E-state index >= 15 is 0 Å². The summed E-state index contributed by atoms with van der Waals surface area (Å²) in [5.41, 5.74) is 0.299. The van der Waals surface area contributed by atoms with Gasteiger partial charge in [0, 0.05) is 23.4 Å². The molecule has 4 aromatic rings. The Kier molecular flexibility index (Phi) is 9.04. The Morgan fingerprint density at radius 3 is 2.15 bits per heavy atom. The second-order valence-corrected chi connectivity index (χ2v) is 8.92. The van der Waals surface area contributed by atoms with E-state index in [1.54, 1.807) is 24.3 Å². The van der Waals surface area contributed by atoms with Crippen molar-refractivity contribution in [3.8, 4) is 45.8 Å². The van der Waals surface area contributed by atoms with Gasteiger partial charge in [0.05, 0.1) is 42.2 Å². The minimum Gasteiger partial charge on any atom is -0.496 e. The maximum atomic E-state index is 13.8. The maximum Gasteiger partial charge on any atom is 0.276 e. The van der Waals surface area contributed by atoms with E-state index in [0.717, 1.165) is 0 Å². The van der Waals surface area contributed by atoms with Crippen LogP contribution in [0.25, 0.3) is 22.3 Å². The van der Waals surface area contributed by atoms with E-state index in [1.165, 1.54) is 47.3 Å². The fourth-order valence-corrected chi connectivity index (χ4v) is 4.50. The standard InChI is InChI=1S/C26H28N2O10S/c1-31-15-11-16(32-2)21-17(12-15)37-23(14-9-18(33-3)24(35-5)19(10-14)34-4)25(22(21)30)36-7-6-8-39-26-28-27-20(13-29)38-26/h9-12,29H,6-8,13H2,1-5H3. The molecule has 0 bridgehead atoms. The van der Waals surface area contributed by atoms with Crippen LogP contribution in [0.15, 0.2) is 43.1 Å². The minimum absolute atomic E-state index is 0.00871. The fourth-order valence-electron chi connectivity index (χ4n) is 3.81. The molecule has 0 aliphatic heterocycles. The molecule has 0 spiro atoms. The lowest BCUT2D eigenvalue weighted by Crippen LogP contribution is -2.12. The van der Waals surface area contributed by atoms with Gasteiger partial charge in [-0.1, -0.05) is 11.8 Å². The second kappa shape index (κ2) is 12.6. The van der Waals surface area contributed by atoms with Gasteiger partial charge in [-0.3, -0.25) is 4.79 Å². The number of hydrogen-bond donors (Lipinski definition) is 1. The van der Waals surface area contributed by atoms with Gasteiger partial charge in [0.1, 0.15) is 29.1 Å². The highest BCUT2D eigenvalue weighted by atomic mass is 32.2. The number of rotatable bonds is 13. The van der Waals surface area contributed by atoms with Gasteiger partial charge >= 0.3 is 0 Å². The molecule has 2 heterocycles. The van der Waals surface area contributed by atoms with E-state index in [9.17, 15) is 4.79 Å². The van der Waals surface area contributed by atoms with Crippen LogP contribution in [0.2, 0.25) is 0 Å². The molecule has 13 heteroatoms. The highest BCUT2D eigenvalue weighted by molar-refractivity contribution is 7.99.